The van der Waals surface area contributed by atoms with E-state index in [1.165, 1.54) is 13.2 Å². The van der Waals surface area contributed by atoms with E-state index in [1.54, 1.807) is 45.3 Å². The maximum atomic E-state index is 14.9. The molecule has 39 heavy (non-hydrogen) atoms. The number of anilines is 1. The first-order valence-corrected chi connectivity index (χ1v) is 13.4. The third-order valence-corrected chi connectivity index (χ3v) is 6.74. The average Bonchev–Trinajstić information content (AvgIpc) is 2.88. The summed E-state index contributed by atoms with van der Waals surface area (Å²) in [6.45, 7) is 9.09. The molecule has 0 radical (unpaired) electrons. The van der Waals surface area contributed by atoms with Crippen molar-refractivity contribution in [1.29, 1.82) is 0 Å². The smallest absolute Gasteiger partial charge is 0.408 e. The number of hydrogen-bond donors (Lipinski definition) is 1. The third-order valence-electron chi connectivity index (χ3n) is 6.54. The molecule has 1 amide bonds. The number of hydrogen-bond acceptors (Lipinski definition) is 7. The first-order chi connectivity index (χ1) is 18.4. The molecule has 0 bridgehead atoms. The Morgan fingerprint density at radius 3 is 2.49 bits per heavy atom. The largest absolute Gasteiger partial charge is 0.467 e. The van der Waals surface area contributed by atoms with Crippen molar-refractivity contribution in [2.75, 3.05) is 25.1 Å². The van der Waals surface area contributed by atoms with Crippen LogP contribution in [0.3, 0.4) is 0 Å². The van der Waals surface area contributed by atoms with Gasteiger partial charge in [0.1, 0.15) is 17.5 Å². The number of methoxy groups -OCH3 is 1. The lowest BCUT2D eigenvalue weighted by molar-refractivity contribution is -0.143. The van der Waals surface area contributed by atoms with Crippen molar-refractivity contribution < 1.29 is 23.5 Å². The summed E-state index contributed by atoms with van der Waals surface area (Å²) >= 11 is 5.88. The van der Waals surface area contributed by atoms with Gasteiger partial charge in [-0.25, -0.2) is 23.9 Å². The topological polar surface area (TPSA) is 93.6 Å². The molecule has 1 aliphatic heterocycles. The lowest BCUT2D eigenvalue weighted by atomic mass is 9.84. The zero-order valence-electron chi connectivity index (χ0n) is 23.1. The van der Waals surface area contributed by atoms with Crippen molar-refractivity contribution in [3.8, 4) is 11.8 Å². The lowest BCUT2D eigenvalue weighted by Gasteiger charge is -2.34. The number of carbonyl (C=O) groups is 2. The number of alkyl carbamates (subject to hydrolysis) is 1. The average molecular weight is 559 g/mol. The molecule has 2 unspecified atom stereocenters. The minimum atomic E-state index is -1.09. The van der Waals surface area contributed by atoms with Gasteiger partial charge in [-0.3, -0.25) is 0 Å². The van der Waals surface area contributed by atoms with Crippen LogP contribution in [0.5, 0.6) is 0 Å². The molecule has 1 saturated heterocycles. The van der Waals surface area contributed by atoms with Crippen LogP contribution in [-0.4, -0.2) is 53.9 Å². The molecule has 3 rings (SSSR count). The quantitative estimate of drug-likeness (QED) is 0.370. The number of nitrogens with one attached hydrogen (secondary N) is 1. The Balaban J connectivity index is 1.54. The SMILES string of the molecule is COC(=O)C(Cc1ccc(C#CCC(C)C2CCN(c3ncc(Cl)cn3)CC2)cc1F)NC(=O)OC(C)(C)C. The normalized spacial score (nSPS) is 15.5. The van der Waals surface area contributed by atoms with Gasteiger partial charge in [-0.15, -0.1) is 0 Å². The highest BCUT2D eigenvalue weighted by Gasteiger charge is 2.27. The Morgan fingerprint density at radius 1 is 1.23 bits per heavy atom. The fourth-order valence-electron chi connectivity index (χ4n) is 4.41. The molecule has 210 valence electrons. The van der Waals surface area contributed by atoms with Gasteiger partial charge >= 0.3 is 12.1 Å². The summed E-state index contributed by atoms with van der Waals surface area (Å²) in [6, 6.07) is 3.54. The molecule has 2 heterocycles. The van der Waals surface area contributed by atoms with Gasteiger partial charge in [0.05, 0.1) is 24.5 Å². The van der Waals surface area contributed by atoms with Crippen LogP contribution in [0.1, 0.15) is 58.1 Å². The summed E-state index contributed by atoms with van der Waals surface area (Å²) in [6.07, 6.45) is 5.12. The van der Waals surface area contributed by atoms with E-state index in [2.05, 4.69) is 38.9 Å². The zero-order valence-corrected chi connectivity index (χ0v) is 23.8. The summed E-state index contributed by atoms with van der Waals surface area (Å²) in [5.74, 6) is 6.69. The molecule has 1 fully saturated rings. The first-order valence-electron chi connectivity index (χ1n) is 13.0. The number of amides is 1. The Morgan fingerprint density at radius 2 is 1.90 bits per heavy atom. The molecule has 8 nitrogen and oxygen atoms in total. The van der Waals surface area contributed by atoms with Crippen molar-refractivity contribution in [2.45, 2.75) is 65.0 Å². The van der Waals surface area contributed by atoms with Gasteiger partial charge in [0.2, 0.25) is 5.95 Å². The van der Waals surface area contributed by atoms with E-state index < -0.39 is 29.5 Å². The number of ether oxygens (including phenoxy) is 2. The highest BCUT2D eigenvalue weighted by Crippen LogP contribution is 2.28. The number of piperidine rings is 1. The molecular weight excluding hydrogens is 523 g/mol. The molecule has 0 saturated carbocycles. The zero-order chi connectivity index (χ0) is 28.6. The van der Waals surface area contributed by atoms with Gasteiger partial charge in [0.15, 0.2) is 0 Å². The Bertz CT molecular complexity index is 1200. The standard InChI is InChI=1S/C29H36ClFN4O4/c1-19(21-11-13-35(14-12-21)27-32-17-23(30)18-33-27)7-6-8-20-9-10-22(24(31)15-20)16-25(26(36)38-5)34-28(37)39-29(2,3)4/h9-10,15,17-19,21,25H,7,11-14,16H2,1-5H3,(H,34,37). The van der Waals surface area contributed by atoms with Gasteiger partial charge in [-0.1, -0.05) is 36.4 Å². The molecule has 0 aliphatic carbocycles. The van der Waals surface area contributed by atoms with Crippen molar-refractivity contribution in [3.63, 3.8) is 0 Å². The molecule has 2 atom stereocenters. The van der Waals surface area contributed by atoms with E-state index in [4.69, 9.17) is 21.1 Å². The van der Waals surface area contributed by atoms with Crippen LogP contribution in [0.25, 0.3) is 0 Å². The molecule has 2 aromatic rings. The van der Waals surface area contributed by atoms with Crippen molar-refractivity contribution in [1.82, 2.24) is 15.3 Å². The van der Waals surface area contributed by atoms with Crippen LogP contribution >= 0.6 is 11.6 Å². The Labute approximate surface area is 234 Å². The van der Waals surface area contributed by atoms with Gasteiger partial charge in [0, 0.05) is 31.5 Å². The predicted molar refractivity (Wildman–Crippen MR) is 148 cm³/mol. The van der Waals surface area contributed by atoms with Gasteiger partial charge in [-0.2, -0.15) is 0 Å². The second kappa shape index (κ2) is 13.6. The van der Waals surface area contributed by atoms with E-state index in [1.807, 2.05) is 0 Å². The number of benzene rings is 1. The van der Waals surface area contributed by atoms with Crippen LogP contribution in [0.4, 0.5) is 15.1 Å². The van der Waals surface area contributed by atoms with Crippen LogP contribution in [0.2, 0.25) is 5.02 Å². The number of rotatable bonds is 7. The predicted octanol–water partition coefficient (Wildman–Crippen LogP) is 5.17. The summed E-state index contributed by atoms with van der Waals surface area (Å²) < 4.78 is 24.8. The summed E-state index contributed by atoms with van der Waals surface area (Å²) in [7, 11) is 1.21. The van der Waals surface area contributed by atoms with E-state index in [-0.39, 0.29) is 12.0 Å². The van der Waals surface area contributed by atoms with Crippen LogP contribution in [-0.2, 0) is 20.7 Å². The van der Waals surface area contributed by atoms with Crippen molar-refractivity contribution in [2.24, 2.45) is 11.8 Å². The van der Waals surface area contributed by atoms with E-state index in [0.29, 0.717) is 34.8 Å². The van der Waals surface area contributed by atoms with E-state index >= 15 is 0 Å². The number of aromatic nitrogens is 2. The van der Waals surface area contributed by atoms with Gasteiger partial charge < -0.3 is 19.7 Å². The summed E-state index contributed by atoms with van der Waals surface area (Å²) in [4.78, 5) is 35.1. The molecule has 0 spiro atoms. The molecule has 10 heteroatoms. The number of halogens is 2. The molecule has 1 aromatic carbocycles. The van der Waals surface area contributed by atoms with E-state index in [0.717, 1.165) is 25.9 Å². The van der Waals surface area contributed by atoms with Crippen LogP contribution in [0, 0.1) is 29.5 Å². The van der Waals surface area contributed by atoms with Crippen molar-refractivity contribution in [3.05, 3.63) is 52.6 Å². The Kier molecular flexibility index (Phi) is 10.5. The minimum Gasteiger partial charge on any atom is -0.467 e. The van der Waals surface area contributed by atoms with Gasteiger partial charge in [-0.05, 0) is 63.1 Å². The highest BCUT2D eigenvalue weighted by molar-refractivity contribution is 6.30. The van der Waals surface area contributed by atoms with Crippen LogP contribution in [0.15, 0.2) is 30.6 Å². The maximum Gasteiger partial charge on any atom is 0.408 e. The fraction of sp³-hybridized carbons (Fsp3) is 0.517. The molecular formula is C29H36ClFN4O4. The first kappa shape index (κ1) is 30.2. The second-order valence-electron chi connectivity index (χ2n) is 10.7. The number of carbonyl (C=O) groups excluding carboxylic acids is 2. The maximum absolute atomic E-state index is 14.9. The summed E-state index contributed by atoms with van der Waals surface area (Å²) in [5, 5.41) is 2.99. The lowest BCUT2D eigenvalue weighted by Crippen LogP contribution is -2.45. The number of nitrogens with zero attached hydrogens (tertiary/aromatic N) is 3. The highest BCUT2D eigenvalue weighted by atomic mass is 35.5. The number of esters is 1. The minimum absolute atomic E-state index is 0.0811. The van der Waals surface area contributed by atoms with Gasteiger partial charge in [0.25, 0.3) is 0 Å². The monoisotopic (exact) mass is 558 g/mol. The fourth-order valence-corrected chi connectivity index (χ4v) is 4.51. The molecule has 1 aliphatic rings. The molecule has 1 N–H and O–H groups in total. The Hall–Kier alpha value is -3.38. The third kappa shape index (κ3) is 9.39. The van der Waals surface area contributed by atoms with Crippen molar-refractivity contribution >= 4 is 29.6 Å². The summed E-state index contributed by atoms with van der Waals surface area (Å²) in [5.41, 5.74) is 0.0713. The second-order valence-corrected chi connectivity index (χ2v) is 11.2. The van der Waals surface area contributed by atoms with E-state index in [9.17, 15) is 14.0 Å². The molecule has 1 aromatic heterocycles. The van der Waals surface area contributed by atoms with Crippen LogP contribution < -0.4 is 10.2 Å².